The molecule has 1 aromatic rings. The molecule has 0 aliphatic carbocycles. The quantitative estimate of drug-likeness (QED) is 0.565. The lowest BCUT2D eigenvalue weighted by atomic mass is 9.81. The summed E-state index contributed by atoms with van der Waals surface area (Å²) in [6, 6.07) is 2.67. The van der Waals surface area contributed by atoms with Crippen molar-refractivity contribution >= 4 is 0 Å². The predicted molar refractivity (Wildman–Crippen MR) is 84.4 cm³/mol. The summed E-state index contributed by atoms with van der Waals surface area (Å²) in [5.74, 6) is 5.85. The standard InChI is InChI=1S/C15H31N5/c1-7-15(8-2,19(5)6)14(17-16)11-13-9-10-20(18-13)12(3)4/h9-10,12,14,17H,7-8,11,16H2,1-6H3. The maximum Gasteiger partial charge on any atom is 0.0641 e. The van der Waals surface area contributed by atoms with E-state index in [1.807, 2.05) is 10.9 Å². The third-order valence-corrected chi connectivity index (χ3v) is 4.57. The van der Waals surface area contributed by atoms with E-state index in [1.54, 1.807) is 0 Å². The number of hydrogen-bond acceptors (Lipinski definition) is 4. The van der Waals surface area contributed by atoms with Crippen molar-refractivity contribution in [1.82, 2.24) is 20.1 Å². The van der Waals surface area contributed by atoms with Gasteiger partial charge in [-0.25, -0.2) is 0 Å². The van der Waals surface area contributed by atoms with Gasteiger partial charge in [-0.2, -0.15) is 5.10 Å². The van der Waals surface area contributed by atoms with Crippen LogP contribution in [0.5, 0.6) is 0 Å². The van der Waals surface area contributed by atoms with Gasteiger partial charge < -0.3 is 4.90 Å². The van der Waals surface area contributed by atoms with E-state index >= 15 is 0 Å². The molecule has 0 aliphatic rings. The topological polar surface area (TPSA) is 59.1 Å². The monoisotopic (exact) mass is 281 g/mol. The fourth-order valence-corrected chi connectivity index (χ4v) is 3.07. The van der Waals surface area contributed by atoms with E-state index in [1.165, 1.54) is 0 Å². The van der Waals surface area contributed by atoms with Gasteiger partial charge in [0.1, 0.15) is 0 Å². The lowest BCUT2D eigenvalue weighted by Gasteiger charge is -2.44. The molecule has 0 saturated carbocycles. The normalized spacial score (nSPS) is 14.2. The number of hydrazine groups is 1. The first kappa shape index (κ1) is 17.1. The van der Waals surface area contributed by atoms with Crippen LogP contribution in [0.3, 0.4) is 0 Å². The highest BCUT2D eigenvalue weighted by Crippen LogP contribution is 2.27. The Balaban J connectivity index is 2.94. The van der Waals surface area contributed by atoms with Crippen LogP contribution in [0.15, 0.2) is 12.3 Å². The van der Waals surface area contributed by atoms with Gasteiger partial charge in [-0.3, -0.25) is 16.0 Å². The van der Waals surface area contributed by atoms with Crippen LogP contribution in [0.25, 0.3) is 0 Å². The summed E-state index contributed by atoms with van der Waals surface area (Å²) in [5.41, 5.74) is 4.17. The predicted octanol–water partition coefficient (Wildman–Crippen LogP) is 1.96. The second-order valence-corrected chi connectivity index (χ2v) is 6.01. The Labute approximate surface area is 123 Å². The van der Waals surface area contributed by atoms with E-state index in [0.717, 1.165) is 25.0 Å². The molecular weight excluding hydrogens is 250 g/mol. The van der Waals surface area contributed by atoms with Gasteiger partial charge in [0.25, 0.3) is 0 Å². The van der Waals surface area contributed by atoms with Crippen LogP contribution in [0, 0.1) is 0 Å². The van der Waals surface area contributed by atoms with Crippen LogP contribution in [0.2, 0.25) is 0 Å². The van der Waals surface area contributed by atoms with Gasteiger partial charge >= 0.3 is 0 Å². The maximum atomic E-state index is 5.85. The fraction of sp³-hybridized carbons (Fsp3) is 0.800. The Hall–Kier alpha value is -0.910. The number of nitrogens with one attached hydrogen (secondary N) is 1. The molecule has 5 heteroatoms. The van der Waals surface area contributed by atoms with Crippen molar-refractivity contribution in [1.29, 1.82) is 0 Å². The summed E-state index contributed by atoms with van der Waals surface area (Å²) in [4.78, 5) is 2.29. The van der Waals surface area contributed by atoms with Crippen LogP contribution in [0.1, 0.15) is 52.3 Å². The van der Waals surface area contributed by atoms with Crippen LogP contribution in [-0.2, 0) is 6.42 Å². The minimum atomic E-state index is 0.0519. The van der Waals surface area contributed by atoms with Crippen molar-refractivity contribution in [3.63, 3.8) is 0 Å². The number of rotatable bonds is 8. The van der Waals surface area contributed by atoms with Crippen molar-refractivity contribution < 1.29 is 0 Å². The van der Waals surface area contributed by atoms with Crippen LogP contribution in [0.4, 0.5) is 0 Å². The molecule has 20 heavy (non-hydrogen) atoms. The Morgan fingerprint density at radius 3 is 2.30 bits per heavy atom. The van der Waals surface area contributed by atoms with Gasteiger partial charge in [0, 0.05) is 30.2 Å². The molecule has 0 amide bonds. The molecule has 5 nitrogen and oxygen atoms in total. The van der Waals surface area contributed by atoms with Gasteiger partial charge in [0.2, 0.25) is 0 Å². The van der Waals surface area contributed by atoms with Crippen molar-refractivity contribution in [2.45, 2.75) is 64.6 Å². The number of aromatic nitrogens is 2. The van der Waals surface area contributed by atoms with Gasteiger partial charge in [-0.05, 0) is 46.9 Å². The Kier molecular flexibility index (Phi) is 6.17. The highest BCUT2D eigenvalue weighted by molar-refractivity contribution is 5.07. The number of likely N-dealkylation sites (N-methyl/N-ethyl adjacent to an activating group) is 1. The lowest BCUT2D eigenvalue weighted by Crippen LogP contribution is -2.61. The molecule has 116 valence electrons. The van der Waals surface area contributed by atoms with E-state index in [9.17, 15) is 0 Å². The van der Waals surface area contributed by atoms with Gasteiger partial charge in [0.05, 0.1) is 5.69 Å². The zero-order valence-electron chi connectivity index (χ0n) is 13.8. The molecule has 0 spiro atoms. The fourth-order valence-electron chi connectivity index (χ4n) is 3.07. The highest BCUT2D eigenvalue weighted by Gasteiger charge is 2.37. The van der Waals surface area contributed by atoms with E-state index in [-0.39, 0.29) is 11.6 Å². The molecule has 0 radical (unpaired) electrons. The zero-order valence-corrected chi connectivity index (χ0v) is 13.8. The third kappa shape index (κ3) is 3.40. The third-order valence-electron chi connectivity index (χ3n) is 4.57. The molecule has 1 heterocycles. The number of nitrogens with zero attached hydrogens (tertiary/aromatic N) is 3. The van der Waals surface area contributed by atoms with Crippen LogP contribution >= 0.6 is 0 Å². The van der Waals surface area contributed by atoms with E-state index < -0.39 is 0 Å². The van der Waals surface area contributed by atoms with Crippen LogP contribution < -0.4 is 11.3 Å². The van der Waals surface area contributed by atoms with Crippen molar-refractivity contribution in [2.24, 2.45) is 5.84 Å². The summed E-state index contributed by atoms with van der Waals surface area (Å²) in [5, 5.41) is 4.64. The first-order valence-corrected chi connectivity index (χ1v) is 7.58. The molecule has 0 aliphatic heterocycles. The molecule has 0 aromatic carbocycles. The molecule has 0 bridgehead atoms. The zero-order chi connectivity index (χ0) is 15.3. The Bertz CT molecular complexity index is 393. The van der Waals surface area contributed by atoms with E-state index in [2.05, 4.69) is 63.3 Å². The Morgan fingerprint density at radius 2 is 1.95 bits per heavy atom. The van der Waals surface area contributed by atoms with Gasteiger partial charge in [-0.1, -0.05) is 13.8 Å². The number of nitrogens with two attached hydrogens (primary N) is 1. The molecule has 3 N–H and O–H groups in total. The van der Waals surface area contributed by atoms with Crippen molar-refractivity contribution in [2.75, 3.05) is 14.1 Å². The first-order valence-electron chi connectivity index (χ1n) is 7.58. The second kappa shape index (κ2) is 7.20. The minimum absolute atomic E-state index is 0.0519. The highest BCUT2D eigenvalue weighted by atomic mass is 15.3. The minimum Gasteiger partial charge on any atom is -0.302 e. The van der Waals surface area contributed by atoms with Gasteiger partial charge in [-0.15, -0.1) is 0 Å². The average molecular weight is 281 g/mol. The van der Waals surface area contributed by atoms with E-state index in [4.69, 9.17) is 5.84 Å². The average Bonchev–Trinajstić information content (AvgIpc) is 2.87. The van der Waals surface area contributed by atoms with Crippen molar-refractivity contribution in [3.05, 3.63) is 18.0 Å². The maximum absolute atomic E-state index is 5.85. The first-order chi connectivity index (χ1) is 9.41. The smallest absolute Gasteiger partial charge is 0.0641 e. The molecule has 1 unspecified atom stereocenters. The summed E-state index contributed by atoms with van der Waals surface area (Å²) in [6.07, 6.45) is 4.99. The summed E-state index contributed by atoms with van der Waals surface area (Å²) in [6.45, 7) is 8.72. The number of hydrogen-bond donors (Lipinski definition) is 2. The molecule has 1 rings (SSSR count). The lowest BCUT2D eigenvalue weighted by molar-refractivity contribution is 0.0877. The van der Waals surface area contributed by atoms with Gasteiger partial charge in [0.15, 0.2) is 0 Å². The molecule has 1 aromatic heterocycles. The summed E-state index contributed by atoms with van der Waals surface area (Å²) >= 11 is 0. The second-order valence-electron chi connectivity index (χ2n) is 6.01. The SMILES string of the molecule is CCC(CC)(C(Cc1ccn(C(C)C)n1)NN)N(C)C. The summed E-state index contributed by atoms with van der Waals surface area (Å²) in [7, 11) is 4.26. The summed E-state index contributed by atoms with van der Waals surface area (Å²) < 4.78 is 2.00. The molecular formula is C15H31N5. The largest absolute Gasteiger partial charge is 0.302 e. The molecule has 1 atom stereocenters. The molecule has 0 saturated heterocycles. The van der Waals surface area contributed by atoms with E-state index in [0.29, 0.717) is 6.04 Å². The van der Waals surface area contributed by atoms with Crippen molar-refractivity contribution in [3.8, 4) is 0 Å². The van der Waals surface area contributed by atoms with Crippen LogP contribution in [-0.4, -0.2) is 40.4 Å². The Morgan fingerprint density at radius 1 is 1.35 bits per heavy atom. The molecule has 0 fully saturated rings.